The highest BCUT2D eigenvalue weighted by Crippen LogP contribution is 2.17. The number of hydrogen-bond acceptors (Lipinski definition) is 2. The Morgan fingerprint density at radius 3 is 2.29 bits per heavy atom. The van der Waals surface area contributed by atoms with Crippen LogP contribution in [0.3, 0.4) is 0 Å². The van der Waals surface area contributed by atoms with Crippen molar-refractivity contribution in [3.63, 3.8) is 0 Å². The van der Waals surface area contributed by atoms with Gasteiger partial charge in [0.1, 0.15) is 0 Å². The topological polar surface area (TPSA) is 17.1 Å². The average molecular weight is 242 g/mol. The van der Waals surface area contributed by atoms with Gasteiger partial charge in [0.15, 0.2) is 5.78 Å². The van der Waals surface area contributed by atoms with Crippen molar-refractivity contribution in [3.05, 3.63) is 65.2 Å². The van der Waals surface area contributed by atoms with Crippen molar-refractivity contribution < 1.29 is 4.79 Å². The number of carbonyl (C=O) groups excluding carboxylic acids is 1. The average Bonchev–Trinajstić information content (AvgIpc) is 2.38. The second kappa shape index (κ2) is 5.19. The highest BCUT2D eigenvalue weighted by atomic mass is 32.2. The predicted molar refractivity (Wildman–Crippen MR) is 72.8 cm³/mol. The van der Waals surface area contributed by atoms with E-state index in [0.29, 0.717) is 0 Å². The van der Waals surface area contributed by atoms with Gasteiger partial charge in [0.25, 0.3) is 0 Å². The number of carbonyl (C=O) groups is 1. The zero-order chi connectivity index (χ0) is 12.3. The van der Waals surface area contributed by atoms with Crippen LogP contribution in [-0.2, 0) is 0 Å². The van der Waals surface area contributed by atoms with Crippen LogP contribution >= 0.6 is 11.8 Å². The molecule has 0 bridgehead atoms. The summed E-state index contributed by atoms with van der Waals surface area (Å²) in [6.07, 6.45) is 2.03. The van der Waals surface area contributed by atoms with Gasteiger partial charge >= 0.3 is 0 Å². The molecule has 0 aliphatic carbocycles. The molecule has 0 spiro atoms. The summed E-state index contributed by atoms with van der Waals surface area (Å²) in [6.45, 7) is 1.99. The highest BCUT2D eigenvalue weighted by molar-refractivity contribution is 7.98. The molecule has 2 rings (SSSR count). The molecule has 0 N–H and O–H groups in total. The summed E-state index contributed by atoms with van der Waals surface area (Å²) >= 11 is 1.68. The van der Waals surface area contributed by atoms with Gasteiger partial charge in [-0.3, -0.25) is 4.79 Å². The predicted octanol–water partition coefficient (Wildman–Crippen LogP) is 3.95. The van der Waals surface area contributed by atoms with Gasteiger partial charge in [0, 0.05) is 16.0 Å². The van der Waals surface area contributed by atoms with Crippen LogP contribution in [-0.4, -0.2) is 12.0 Å². The van der Waals surface area contributed by atoms with Gasteiger partial charge in [-0.05, 0) is 43.5 Å². The molecular formula is C15H14OS. The lowest BCUT2D eigenvalue weighted by atomic mass is 10.0. The summed E-state index contributed by atoms with van der Waals surface area (Å²) < 4.78 is 0. The second-order valence-corrected chi connectivity index (χ2v) is 4.81. The van der Waals surface area contributed by atoms with Gasteiger partial charge in [0.05, 0.1) is 0 Å². The van der Waals surface area contributed by atoms with Crippen LogP contribution in [0.2, 0.25) is 0 Å². The first-order chi connectivity index (χ1) is 8.20. The van der Waals surface area contributed by atoms with Crippen LogP contribution < -0.4 is 0 Å². The van der Waals surface area contributed by atoms with Crippen LogP contribution in [0.5, 0.6) is 0 Å². The summed E-state index contributed by atoms with van der Waals surface area (Å²) in [6, 6.07) is 15.4. The molecule has 0 aromatic heterocycles. The Hall–Kier alpha value is -1.54. The van der Waals surface area contributed by atoms with E-state index >= 15 is 0 Å². The van der Waals surface area contributed by atoms with Gasteiger partial charge in [0.2, 0.25) is 0 Å². The normalized spacial score (nSPS) is 10.2. The second-order valence-electron chi connectivity index (χ2n) is 3.93. The molecule has 0 radical (unpaired) electrons. The fourth-order valence-electron chi connectivity index (χ4n) is 1.70. The fraction of sp³-hybridized carbons (Fsp3) is 0.133. The third-order valence-corrected chi connectivity index (χ3v) is 3.38. The zero-order valence-electron chi connectivity index (χ0n) is 9.94. The minimum absolute atomic E-state index is 0.0846. The molecular weight excluding hydrogens is 228 g/mol. The number of ketones is 1. The van der Waals surface area contributed by atoms with Crippen LogP contribution in [0.4, 0.5) is 0 Å². The summed E-state index contributed by atoms with van der Waals surface area (Å²) in [5.74, 6) is 0.0846. The third-order valence-electron chi connectivity index (χ3n) is 2.63. The first-order valence-electron chi connectivity index (χ1n) is 5.46. The number of rotatable bonds is 3. The SMILES string of the molecule is CSc1ccc(C(=O)c2cccc(C)c2)cc1. The van der Waals surface area contributed by atoms with E-state index < -0.39 is 0 Å². The summed E-state index contributed by atoms with van der Waals surface area (Å²) in [5.41, 5.74) is 2.60. The van der Waals surface area contributed by atoms with E-state index in [2.05, 4.69) is 0 Å². The lowest BCUT2D eigenvalue weighted by molar-refractivity contribution is 0.103. The first kappa shape index (κ1) is 11.9. The molecule has 1 nitrogen and oxygen atoms in total. The van der Waals surface area contributed by atoms with E-state index in [9.17, 15) is 4.79 Å². The smallest absolute Gasteiger partial charge is 0.193 e. The Morgan fingerprint density at radius 1 is 1.00 bits per heavy atom. The highest BCUT2D eigenvalue weighted by Gasteiger charge is 2.08. The lowest BCUT2D eigenvalue weighted by Gasteiger charge is -2.03. The van der Waals surface area contributed by atoms with E-state index in [1.165, 1.54) is 4.90 Å². The van der Waals surface area contributed by atoms with Crippen LogP contribution in [0.25, 0.3) is 0 Å². The van der Waals surface area contributed by atoms with E-state index in [1.807, 2.05) is 61.7 Å². The van der Waals surface area contributed by atoms with Crippen molar-refractivity contribution in [1.29, 1.82) is 0 Å². The number of thioether (sulfide) groups is 1. The molecule has 0 heterocycles. The quantitative estimate of drug-likeness (QED) is 0.599. The van der Waals surface area contributed by atoms with Gasteiger partial charge in [-0.25, -0.2) is 0 Å². The number of benzene rings is 2. The molecule has 0 saturated carbocycles. The Morgan fingerprint density at radius 2 is 1.71 bits per heavy atom. The monoisotopic (exact) mass is 242 g/mol. The van der Waals surface area contributed by atoms with Crippen molar-refractivity contribution >= 4 is 17.5 Å². The molecule has 2 heteroatoms. The van der Waals surface area contributed by atoms with Gasteiger partial charge in [-0.1, -0.05) is 23.8 Å². The first-order valence-corrected chi connectivity index (χ1v) is 6.68. The molecule has 0 fully saturated rings. The zero-order valence-corrected chi connectivity index (χ0v) is 10.8. The lowest BCUT2D eigenvalue weighted by Crippen LogP contribution is -2.01. The summed E-state index contributed by atoms with van der Waals surface area (Å²) in [4.78, 5) is 13.4. The largest absolute Gasteiger partial charge is 0.289 e. The van der Waals surface area contributed by atoms with Crippen molar-refractivity contribution in [2.24, 2.45) is 0 Å². The van der Waals surface area contributed by atoms with E-state index in [-0.39, 0.29) is 5.78 Å². The number of hydrogen-bond donors (Lipinski definition) is 0. The van der Waals surface area contributed by atoms with E-state index in [4.69, 9.17) is 0 Å². The van der Waals surface area contributed by atoms with E-state index in [1.54, 1.807) is 11.8 Å². The summed E-state index contributed by atoms with van der Waals surface area (Å²) in [7, 11) is 0. The van der Waals surface area contributed by atoms with Crippen molar-refractivity contribution in [3.8, 4) is 0 Å². The van der Waals surface area contributed by atoms with Gasteiger partial charge < -0.3 is 0 Å². The molecule has 0 saturated heterocycles. The Kier molecular flexibility index (Phi) is 3.64. The Balaban J connectivity index is 2.30. The third kappa shape index (κ3) is 2.77. The molecule has 0 atom stereocenters. The molecule has 2 aromatic carbocycles. The molecule has 0 aliphatic rings. The van der Waals surface area contributed by atoms with Crippen molar-refractivity contribution in [1.82, 2.24) is 0 Å². The molecule has 0 amide bonds. The summed E-state index contributed by atoms with van der Waals surface area (Å²) in [5, 5.41) is 0. The fourth-order valence-corrected chi connectivity index (χ4v) is 2.10. The van der Waals surface area contributed by atoms with Gasteiger partial charge in [-0.15, -0.1) is 11.8 Å². The van der Waals surface area contributed by atoms with Crippen molar-refractivity contribution in [2.45, 2.75) is 11.8 Å². The molecule has 86 valence electrons. The Labute approximate surface area is 106 Å². The minimum Gasteiger partial charge on any atom is -0.289 e. The maximum Gasteiger partial charge on any atom is 0.193 e. The van der Waals surface area contributed by atoms with Gasteiger partial charge in [-0.2, -0.15) is 0 Å². The van der Waals surface area contributed by atoms with Crippen LogP contribution in [0.15, 0.2) is 53.4 Å². The molecule has 0 aliphatic heterocycles. The molecule has 0 unspecified atom stereocenters. The maximum absolute atomic E-state index is 12.2. The van der Waals surface area contributed by atoms with Crippen molar-refractivity contribution in [2.75, 3.05) is 6.26 Å². The van der Waals surface area contributed by atoms with E-state index in [0.717, 1.165) is 16.7 Å². The maximum atomic E-state index is 12.2. The Bertz CT molecular complexity index is 529. The standard InChI is InChI=1S/C15H14OS/c1-11-4-3-5-13(10-11)15(16)12-6-8-14(17-2)9-7-12/h3-10H,1-2H3. The van der Waals surface area contributed by atoms with Crippen LogP contribution in [0, 0.1) is 6.92 Å². The molecule has 17 heavy (non-hydrogen) atoms. The molecule has 2 aromatic rings. The van der Waals surface area contributed by atoms with Crippen LogP contribution in [0.1, 0.15) is 21.5 Å². The number of aryl methyl sites for hydroxylation is 1. The minimum atomic E-state index is 0.0846.